The van der Waals surface area contributed by atoms with Gasteiger partial charge in [0.2, 0.25) is 0 Å². The summed E-state index contributed by atoms with van der Waals surface area (Å²) in [6.07, 6.45) is 8.86. The van der Waals surface area contributed by atoms with Gasteiger partial charge >= 0.3 is 0 Å². The Hall–Kier alpha value is -0.160. The Bertz CT molecular complexity index is 276. The lowest BCUT2D eigenvalue weighted by Gasteiger charge is -2.35. The summed E-state index contributed by atoms with van der Waals surface area (Å²) in [6.45, 7) is 7.77. The summed E-state index contributed by atoms with van der Waals surface area (Å²) in [5.41, 5.74) is 0. The molecule has 20 heavy (non-hydrogen) atoms. The zero-order valence-electron chi connectivity index (χ0n) is 12.7. The summed E-state index contributed by atoms with van der Waals surface area (Å²) in [5, 5.41) is 3.62. The van der Waals surface area contributed by atoms with Crippen molar-refractivity contribution in [1.29, 1.82) is 0 Å². The second-order valence-electron chi connectivity index (χ2n) is 6.64. The number of hydrogen-bond donors (Lipinski definition) is 1. The summed E-state index contributed by atoms with van der Waals surface area (Å²) >= 11 is 0. The molecule has 0 atom stereocenters. The first-order valence-electron chi connectivity index (χ1n) is 8.57. The van der Waals surface area contributed by atoms with Gasteiger partial charge in [-0.05, 0) is 57.7 Å². The van der Waals surface area contributed by atoms with E-state index in [1.54, 1.807) is 0 Å². The summed E-state index contributed by atoms with van der Waals surface area (Å²) < 4.78 is 11.6. The number of ether oxygens (including phenoxy) is 2. The van der Waals surface area contributed by atoms with Crippen molar-refractivity contribution >= 4 is 0 Å². The fourth-order valence-corrected chi connectivity index (χ4v) is 3.87. The predicted octanol–water partition coefficient (Wildman–Crippen LogP) is 2.00. The van der Waals surface area contributed by atoms with Gasteiger partial charge in [0.05, 0.1) is 13.2 Å². The molecule has 3 fully saturated rings. The van der Waals surface area contributed by atoms with Crippen LogP contribution in [0.2, 0.25) is 0 Å². The fourth-order valence-electron chi connectivity index (χ4n) is 3.87. The van der Waals surface area contributed by atoms with Crippen molar-refractivity contribution in [3.63, 3.8) is 0 Å². The molecule has 3 aliphatic rings. The molecular weight excluding hydrogens is 252 g/mol. The molecule has 2 saturated heterocycles. The molecule has 1 N–H and O–H groups in total. The van der Waals surface area contributed by atoms with E-state index in [-0.39, 0.29) is 5.79 Å². The minimum absolute atomic E-state index is 0.181. The fraction of sp³-hybridized carbons (Fsp3) is 1.00. The van der Waals surface area contributed by atoms with E-state index in [0.717, 1.165) is 38.5 Å². The number of nitrogens with one attached hydrogen (secondary N) is 1. The Morgan fingerprint density at radius 3 is 2.40 bits per heavy atom. The maximum absolute atomic E-state index is 5.79. The van der Waals surface area contributed by atoms with Crippen molar-refractivity contribution < 1.29 is 9.47 Å². The number of hydrogen-bond acceptors (Lipinski definition) is 4. The van der Waals surface area contributed by atoms with Gasteiger partial charge < -0.3 is 19.7 Å². The average Bonchev–Trinajstić information content (AvgIpc) is 3.13. The van der Waals surface area contributed by atoms with Crippen LogP contribution in [-0.2, 0) is 9.47 Å². The highest BCUT2D eigenvalue weighted by atomic mass is 16.7. The Balaban J connectivity index is 1.23. The monoisotopic (exact) mass is 282 g/mol. The molecule has 1 saturated carbocycles. The number of nitrogens with zero attached hydrogens (tertiary/aromatic N) is 1. The minimum atomic E-state index is -0.181. The van der Waals surface area contributed by atoms with Crippen LogP contribution in [0.5, 0.6) is 0 Å². The molecule has 2 heterocycles. The van der Waals surface area contributed by atoms with Crippen molar-refractivity contribution in [3.05, 3.63) is 0 Å². The molecule has 0 radical (unpaired) electrons. The van der Waals surface area contributed by atoms with Gasteiger partial charge in [-0.25, -0.2) is 0 Å². The Morgan fingerprint density at radius 1 is 1.00 bits per heavy atom. The van der Waals surface area contributed by atoms with Crippen molar-refractivity contribution in [2.45, 2.75) is 50.7 Å². The molecule has 0 aromatic carbocycles. The second-order valence-corrected chi connectivity index (χ2v) is 6.64. The van der Waals surface area contributed by atoms with Crippen molar-refractivity contribution in [2.75, 3.05) is 45.9 Å². The van der Waals surface area contributed by atoms with Crippen LogP contribution < -0.4 is 5.32 Å². The SMILES string of the molecule is C1CCN(CCNCCC2CCC3(CC2)OCCO3)C1. The topological polar surface area (TPSA) is 33.7 Å². The van der Waals surface area contributed by atoms with Gasteiger partial charge in [0, 0.05) is 25.9 Å². The summed E-state index contributed by atoms with van der Waals surface area (Å²) in [5.74, 6) is 0.687. The number of likely N-dealkylation sites (tertiary alicyclic amines) is 1. The lowest BCUT2D eigenvalue weighted by atomic mass is 9.83. The molecule has 0 bridgehead atoms. The predicted molar refractivity (Wildman–Crippen MR) is 79.8 cm³/mol. The molecule has 0 amide bonds. The Kier molecular flexibility index (Phi) is 5.32. The van der Waals surface area contributed by atoms with Crippen LogP contribution >= 0.6 is 0 Å². The van der Waals surface area contributed by atoms with Crippen molar-refractivity contribution in [3.8, 4) is 0 Å². The van der Waals surface area contributed by atoms with Gasteiger partial charge in [-0.15, -0.1) is 0 Å². The smallest absolute Gasteiger partial charge is 0.168 e. The van der Waals surface area contributed by atoms with E-state index in [9.17, 15) is 0 Å². The molecule has 1 spiro atoms. The third-order valence-corrected chi connectivity index (χ3v) is 5.21. The zero-order valence-corrected chi connectivity index (χ0v) is 12.7. The molecule has 4 heteroatoms. The highest BCUT2D eigenvalue weighted by molar-refractivity contribution is 4.82. The third-order valence-electron chi connectivity index (χ3n) is 5.21. The average molecular weight is 282 g/mol. The largest absolute Gasteiger partial charge is 0.348 e. The number of rotatable bonds is 6. The first-order chi connectivity index (χ1) is 9.86. The van der Waals surface area contributed by atoms with E-state index < -0.39 is 0 Å². The van der Waals surface area contributed by atoms with E-state index >= 15 is 0 Å². The summed E-state index contributed by atoms with van der Waals surface area (Å²) in [4.78, 5) is 2.58. The lowest BCUT2D eigenvalue weighted by Crippen LogP contribution is -2.36. The Morgan fingerprint density at radius 2 is 1.70 bits per heavy atom. The van der Waals surface area contributed by atoms with Crippen molar-refractivity contribution in [2.24, 2.45) is 5.92 Å². The molecule has 0 aromatic heterocycles. The van der Waals surface area contributed by atoms with Gasteiger partial charge in [0.1, 0.15) is 0 Å². The van der Waals surface area contributed by atoms with E-state index in [2.05, 4.69) is 10.2 Å². The van der Waals surface area contributed by atoms with Gasteiger partial charge in [0.15, 0.2) is 5.79 Å². The standard InChI is InChI=1S/C16H30N2O2/c1-2-11-18(10-1)12-9-17-8-5-15-3-6-16(7-4-15)19-13-14-20-16/h15,17H,1-14H2. The van der Waals surface area contributed by atoms with E-state index in [1.807, 2.05) is 0 Å². The lowest BCUT2D eigenvalue weighted by molar-refractivity contribution is -0.182. The van der Waals surface area contributed by atoms with E-state index in [4.69, 9.17) is 9.47 Å². The van der Waals surface area contributed by atoms with Gasteiger partial charge in [-0.1, -0.05) is 0 Å². The van der Waals surface area contributed by atoms with Crippen molar-refractivity contribution in [1.82, 2.24) is 10.2 Å². The molecule has 2 aliphatic heterocycles. The highest BCUT2D eigenvalue weighted by Crippen LogP contribution is 2.39. The summed E-state index contributed by atoms with van der Waals surface area (Å²) in [7, 11) is 0. The van der Waals surface area contributed by atoms with Crippen LogP contribution in [-0.4, -0.2) is 56.6 Å². The van der Waals surface area contributed by atoms with E-state index in [1.165, 1.54) is 58.3 Å². The molecule has 0 unspecified atom stereocenters. The van der Waals surface area contributed by atoms with Gasteiger partial charge in [0.25, 0.3) is 0 Å². The molecular formula is C16H30N2O2. The van der Waals surface area contributed by atoms with E-state index in [0.29, 0.717) is 0 Å². The second kappa shape index (κ2) is 7.21. The maximum Gasteiger partial charge on any atom is 0.168 e. The molecule has 0 aromatic rings. The minimum Gasteiger partial charge on any atom is -0.348 e. The molecule has 1 aliphatic carbocycles. The molecule has 116 valence electrons. The normalized spacial score (nSPS) is 27.6. The van der Waals surface area contributed by atoms with Crippen LogP contribution in [0, 0.1) is 5.92 Å². The summed E-state index contributed by atoms with van der Waals surface area (Å²) in [6, 6.07) is 0. The first-order valence-corrected chi connectivity index (χ1v) is 8.57. The highest BCUT2D eigenvalue weighted by Gasteiger charge is 2.39. The first kappa shape index (κ1) is 14.8. The van der Waals surface area contributed by atoms with Crippen LogP contribution in [0.4, 0.5) is 0 Å². The Labute approximate surface area is 123 Å². The molecule has 4 nitrogen and oxygen atoms in total. The maximum atomic E-state index is 5.79. The third kappa shape index (κ3) is 3.94. The van der Waals surface area contributed by atoms with Gasteiger partial charge in [-0.3, -0.25) is 0 Å². The zero-order chi connectivity index (χ0) is 13.7. The van der Waals surface area contributed by atoms with Crippen LogP contribution in [0.15, 0.2) is 0 Å². The quantitative estimate of drug-likeness (QED) is 0.756. The van der Waals surface area contributed by atoms with Crippen LogP contribution in [0.3, 0.4) is 0 Å². The van der Waals surface area contributed by atoms with Gasteiger partial charge in [-0.2, -0.15) is 0 Å². The van der Waals surface area contributed by atoms with Crippen LogP contribution in [0.1, 0.15) is 44.9 Å². The van der Waals surface area contributed by atoms with Crippen LogP contribution in [0.25, 0.3) is 0 Å². The molecule has 3 rings (SSSR count).